The Labute approximate surface area is 172 Å². The summed E-state index contributed by atoms with van der Waals surface area (Å²) in [5, 5.41) is 13.1. The normalized spacial score (nSPS) is 13.0. The van der Waals surface area contributed by atoms with E-state index in [0.29, 0.717) is 27.7 Å². The Morgan fingerprint density at radius 2 is 1.90 bits per heavy atom. The molecule has 29 heavy (non-hydrogen) atoms. The number of nitrogens with two attached hydrogens (primary N) is 1. The molecule has 0 spiro atoms. The zero-order valence-corrected chi connectivity index (χ0v) is 17.1. The number of thiazole rings is 1. The van der Waals surface area contributed by atoms with Crippen molar-refractivity contribution in [3.63, 3.8) is 0 Å². The number of hydrogen-bond donors (Lipinski definition) is 2. The molecule has 0 saturated heterocycles. The average Bonchev–Trinajstić information content (AvgIpc) is 3.14. The van der Waals surface area contributed by atoms with Crippen LogP contribution in [-0.4, -0.2) is 25.0 Å². The van der Waals surface area contributed by atoms with Gasteiger partial charge in [-0.2, -0.15) is 0 Å². The summed E-state index contributed by atoms with van der Waals surface area (Å²) >= 11 is 1.40. The molecule has 7 heteroatoms. The van der Waals surface area contributed by atoms with E-state index in [2.05, 4.69) is 31.8 Å². The maximum Gasteiger partial charge on any atom is 0.174 e. The number of nitrogens with zero attached hydrogens (tertiary/aromatic N) is 4. The Balaban J connectivity index is 1.69. The summed E-state index contributed by atoms with van der Waals surface area (Å²) in [6.45, 7) is 5.34. The maximum atomic E-state index is 10.7. The SMILES string of the molecule is Cc1csc(C(C)(O)C#Cc2cccc(-c3ccc4nc(C)nc(N)c4n3)c2)n1. The molecule has 1 aromatic carbocycles. The fourth-order valence-electron chi connectivity index (χ4n) is 2.90. The lowest BCUT2D eigenvalue weighted by Gasteiger charge is -2.12. The predicted molar refractivity (Wildman–Crippen MR) is 115 cm³/mol. The zero-order valence-electron chi connectivity index (χ0n) is 16.3. The molecular weight excluding hydrogens is 382 g/mol. The van der Waals surface area contributed by atoms with Crippen molar-refractivity contribution < 1.29 is 5.11 Å². The molecule has 3 N–H and O–H groups in total. The third-order valence-corrected chi connectivity index (χ3v) is 5.50. The first kappa shape index (κ1) is 19.0. The van der Waals surface area contributed by atoms with Crippen molar-refractivity contribution >= 4 is 28.2 Å². The Morgan fingerprint density at radius 3 is 2.66 bits per heavy atom. The van der Waals surface area contributed by atoms with Gasteiger partial charge in [0.15, 0.2) is 11.4 Å². The van der Waals surface area contributed by atoms with E-state index in [1.54, 1.807) is 13.8 Å². The molecule has 6 nitrogen and oxygen atoms in total. The first-order valence-corrected chi connectivity index (χ1v) is 9.89. The molecule has 0 aliphatic carbocycles. The van der Waals surface area contributed by atoms with Crippen LogP contribution in [-0.2, 0) is 5.60 Å². The third kappa shape index (κ3) is 3.94. The summed E-state index contributed by atoms with van der Waals surface area (Å²) < 4.78 is 0. The van der Waals surface area contributed by atoms with Crippen molar-refractivity contribution in [2.45, 2.75) is 26.4 Å². The van der Waals surface area contributed by atoms with Crippen LogP contribution in [0.2, 0.25) is 0 Å². The van der Waals surface area contributed by atoms with E-state index in [0.717, 1.165) is 22.5 Å². The molecule has 0 aliphatic rings. The quantitative estimate of drug-likeness (QED) is 0.498. The van der Waals surface area contributed by atoms with Gasteiger partial charge in [0, 0.05) is 22.2 Å². The highest BCUT2D eigenvalue weighted by Gasteiger charge is 2.23. The number of aliphatic hydroxyl groups is 1. The highest BCUT2D eigenvalue weighted by Crippen LogP contribution is 2.25. The molecular formula is C22H19N5OS. The highest BCUT2D eigenvalue weighted by molar-refractivity contribution is 7.09. The van der Waals surface area contributed by atoms with Gasteiger partial charge in [-0.3, -0.25) is 0 Å². The van der Waals surface area contributed by atoms with E-state index >= 15 is 0 Å². The number of nitrogen functional groups attached to an aromatic ring is 1. The lowest BCUT2D eigenvalue weighted by Crippen LogP contribution is -2.18. The van der Waals surface area contributed by atoms with Gasteiger partial charge in [-0.25, -0.2) is 19.9 Å². The highest BCUT2D eigenvalue weighted by atomic mass is 32.1. The van der Waals surface area contributed by atoms with Crippen molar-refractivity contribution in [3.05, 3.63) is 63.9 Å². The van der Waals surface area contributed by atoms with Crippen LogP contribution < -0.4 is 5.73 Å². The number of aromatic nitrogens is 4. The smallest absolute Gasteiger partial charge is 0.174 e. The van der Waals surface area contributed by atoms with Crippen molar-refractivity contribution in [3.8, 4) is 23.1 Å². The minimum absolute atomic E-state index is 0.361. The average molecular weight is 401 g/mol. The molecule has 1 atom stereocenters. The Hall–Kier alpha value is -3.34. The summed E-state index contributed by atoms with van der Waals surface area (Å²) in [5.74, 6) is 6.95. The molecule has 0 saturated carbocycles. The van der Waals surface area contributed by atoms with E-state index in [4.69, 9.17) is 5.73 Å². The van der Waals surface area contributed by atoms with Crippen molar-refractivity contribution in [2.75, 3.05) is 5.73 Å². The van der Waals surface area contributed by atoms with E-state index in [-0.39, 0.29) is 0 Å². The molecule has 4 aromatic rings. The topological polar surface area (TPSA) is 97.8 Å². The van der Waals surface area contributed by atoms with Gasteiger partial charge in [-0.15, -0.1) is 11.3 Å². The minimum atomic E-state index is -1.31. The van der Waals surface area contributed by atoms with Gasteiger partial charge in [-0.05, 0) is 45.0 Å². The van der Waals surface area contributed by atoms with Gasteiger partial charge < -0.3 is 10.8 Å². The van der Waals surface area contributed by atoms with Crippen LogP contribution in [0.3, 0.4) is 0 Å². The standard InChI is InChI=1S/C22H19N5OS/c1-13-12-29-21(24-13)22(3,28)10-9-15-5-4-6-16(11-15)17-7-8-18-19(27-17)20(23)26-14(2)25-18/h4-8,11-12,28H,1-3H3,(H2,23,25,26). The van der Waals surface area contributed by atoms with Gasteiger partial charge in [-0.1, -0.05) is 24.0 Å². The molecule has 0 amide bonds. The summed E-state index contributed by atoms with van der Waals surface area (Å²) in [5.41, 5.74) is 9.28. The Bertz CT molecular complexity index is 1280. The van der Waals surface area contributed by atoms with E-state index in [9.17, 15) is 5.11 Å². The lowest BCUT2D eigenvalue weighted by atomic mass is 10.1. The Morgan fingerprint density at radius 1 is 1.07 bits per heavy atom. The first-order valence-electron chi connectivity index (χ1n) is 9.01. The number of rotatable bonds is 2. The van der Waals surface area contributed by atoms with Crippen molar-refractivity contribution in [2.24, 2.45) is 0 Å². The van der Waals surface area contributed by atoms with Crippen LogP contribution in [0.1, 0.15) is 29.0 Å². The van der Waals surface area contributed by atoms with Crippen LogP contribution in [0.5, 0.6) is 0 Å². The monoisotopic (exact) mass is 401 g/mol. The molecule has 1 unspecified atom stereocenters. The van der Waals surface area contributed by atoms with E-state index in [1.165, 1.54) is 11.3 Å². The van der Waals surface area contributed by atoms with Crippen molar-refractivity contribution in [1.82, 2.24) is 19.9 Å². The van der Waals surface area contributed by atoms with Crippen LogP contribution >= 0.6 is 11.3 Å². The van der Waals surface area contributed by atoms with Crippen LogP contribution in [0.15, 0.2) is 41.8 Å². The molecule has 0 bridgehead atoms. The number of hydrogen-bond acceptors (Lipinski definition) is 7. The summed E-state index contributed by atoms with van der Waals surface area (Å²) in [6, 6.07) is 11.5. The molecule has 0 aliphatic heterocycles. The number of anilines is 1. The molecule has 3 heterocycles. The summed E-state index contributed by atoms with van der Waals surface area (Å²) in [7, 11) is 0. The summed E-state index contributed by atoms with van der Waals surface area (Å²) in [4.78, 5) is 17.5. The summed E-state index contributed by atoms with van der Waals surface area (Å²) in [6.07, 6.45) is 0. The fraction of sp³-hybridized carbons (Fsp3) is 0.182. The second-order valence-electron chi connectivity index (χ2n) is 6.92. The number of pyridine rings is 1. The molecule has 4 rings (SSSR count). The first-order chi connectivity index (χ1) is 13.8. The fourth-order valence-corrected chi connectivity index (χ4v) is 3.71. The number of aryl methyl sites for hydroxylation is 2. The maximum absolute atomic E-state index is 10.7. The van der Waals surface area contributed by atoms with Gasteiger partial charge >= 0.3 is 0 Å². The van der Waals surface area contributed by atoms with Gasteiger partial charge in [0.05, 0.1) is 11.2 Å². The lowest BCUT2D eigenvalue weighted by molar-refractivity contribution is 0.121. The number of fused-ring (bicyclic) bond motifs is 1. The second kappa shape index (κ2) is 7.24. The molecule has 0 radical (unpaired) electrons. The van der Waals surface area contributed by atoms with Crippen LogP contribution in [0, 0.1) is 25.7 Å². The van der Waals surface area contributed by atoms with E-state index < -0.39 is 5.60 Å². The van der Waals surface area contributed by atoms with Crippen LogP contribution in [0.4, 0.5) is 5.82 Å². The minimum Gasteiger partial charge on any atom is -0.382 e. The predicted octanol–water partition coefficient (Wildman–Crippen LogP) is 3.61. The van der Waals surface area contributed by atoms with Crippen LogP contribution in [0.25, 0.3) is 22.3 Å². The van der Waals surface area contributed by atoms with Crippen molar-refractivity contribution in [1.29, 1.82) is 0 Å². The van der Waals surface area contributed by atoms with Gasteiger partial charge in [0.25, 0.3) is 0 Å². The number of benzene rings is 1. The van der Waals surface area contributed by atoms with Gasteiger partial charge in [0.1, 0.15) is 16.3 Å². The van der Waals surface area contributed by atoms with Gasteiger partial charge in [0.2, 0.25) is 0 Å². The second-order valence-corrected chi connectivity index (χ2v) is 7.78. The molecule has 3 aromatic heterocycles. The third-order valence-electron chi connectivity index (χ3n) is 4.33. The molecule has 0 fully saturated rings. The Kier molecular flexibility index (Phi) is 4.74. The molecule has 144 valence electrons. The zero-order chi connectivity index (χ0) is 20.6. The van der Waals surface area contributed by atoms with E-state index in [1.807, 2.05) is 48.7 Å². The largest absolute Gasteiger partial charge is 0.382 e.